The summed E-state index contributed by atoms with van der Waals surface area (Å²) in [6, 6.07) is 10.5. The first kappa shape index (κ1) is 27.4. The maximum atomic E-state index is 14.4. The molecule has 0 aromatic heterocycles. The molecule has 1 N–H and O–H groups in total. The standard InChI is InChI=1S/C25H20Cl2F4N2O3S/c1-14-19(26)6-3-7-21(14)37(35,36)33-11-10-17-16(13-33)8-9-20(27)24(17)32-22(34)12-15-4-2-5-18(23(15)28)25(29,30)31/h2-9H,10-13H2,1H3,(H,32,34). The number of halogens is 6. The van der Waals surface area contributed by atoms with E-state index >= 15 is 0 Å². The Hall–Kier alpha value is -2.66. The zero-order chi connectivity index (χ0) is 27.1. The molecule has 1 aliphatic heterocycles. The monoisotopic (exact) mass is 574 g/mol. The van der Waals surface area contributed by atoms with E-state index in [0.29, 0.717) is 27.8 Å². The van der Waals surface area contributed by atoms with E-state index in [1.807, 2.05) is 0 Å². The van der Waals surface area contributed by atoms with Crippen molar-refractivity contribution in [2.24, 2.45) is 0 Å². The van der Waals surface area contributed by atoms with Gasteiger partial charge in [0.25, 0.3) is 0 Å². The lowest BCUT2D eigenvalue weighted by molar-refractivity contribution is -0.140. The molecule has 196 valence electrons. The maximum absolute atomic E-state index is 14.4. The third-order valence-electron chi connectivity index (χ3n) is 6.15. The third kappa shape index (κ3) is 5.47. The number of nitrogens with zero attached hydrogens (tertiary/aromatic N) is 1. The first-order valence-corrected chi connectivity index (χ1v) is 13.2. The second-order valence-corrected chi connectivity index (χ2v) is 11.2. The van der Waals surface area contributed by atoms with Gasteiger partial charge in [0.2, 0.25) is 15.9 Å². The molecule has 1 aliphatic rings. The summed E-state index contributed by atoms with van der Waals surface area (Å²) >= 11 is 12.4. The highest BCUT2D eigenvalue weighted by Gasteiger charge is 2.35. The van der Waals surface area contributed by atoms with E-state index in [1.54, 1.807) is 25.1 Å². The van der Waals surface area contributed by atoms with Gasteiger partial charge in [0.05, 0.1) is 27.6 Å². The highest BCUT2D eigenvalue weighted by molar-refractivity contribution is 7.89. The number of carbonyl (C=O) groups excluding carboxylic acids is 1. The van der Waals surface area contributed by atoms with Crippen LogP contribution in [0.25, 0.3) is 0 Å². The Bertz CT molecular complexity index is 1490. The zero-order valence-electron chi connectivity index (χ0n) is 19.3. The van der Waals surface area contributed by atoms with Crippen LogP contribution in [0.4, 0.5) is 23.2 Å². The molecule has 0 atom stereocenters. The third-order valence-corrected chi connectivity index (χ3v) is 8.87. The lowest BCUT2D eigenvalue weighted by Crippen LogP contribution is -2.36. The van der Waals surface area contributed by atoms with Crippen LogP contribution in [0, 0.1) is 12.7 Å². The minimum absolute atomic E-state index is 0.00587. The van der Waals surface area contributed by atoms with Crippen molar-refractivity contribution in [3.05, 3.63) is 92.2 Å². The van der Waals surface area contributed by atoms with Gasteiger partial charge in [0.15, 0.2) is 0 Å². The van der Waals surface area contributed by atoms with Crippen molar-refractivity contribution in [3.63, 3.8) is 0 Å². The SMILES string of the molecule is Cc1c(Cl)cccc1S(=O)(=O)N1CCc2c(ccc(Cl)c2NC(=O)Cc2cccc(C(F)(F)F)c2F)C1. The summed E-state index contributed by atoms with van der Waals surface area (Å²) in [4.78, 5) is 12.8. The van der Waals surface area contributed by atoms with E-state index < -0.39 is 45.5 Å². The van der Waals surface area contributed by atoms with Crippen LogP contribution in [0.3, 0.4) is 0 Å². The second kappa shape index (κ2) is 10.2. The molecule has 37 heavy (non-hydrogen) atoms. The van der Waals surface area contributed by atoms with Gasteiger partial charge in [0.1, 0.15) is 5.82 Å². The fourth-order valence-corrected chi connectivity index (χ4v) is 6.36. The number of nitrogens with one attached hydrogen (secondary N) is 1. The fourth-order valence-electron chi connectivity index (χ4n) is 4.24. The summed E-state index contributed by atoms with van der Waals surface area (Å²) < 4.78 is 81.3. The maximum Gasteiger partial charge on any atom is 0.419 e. The molecule has 1 heterocycles. The Morgan fingerprint density at radius 2 is 1.76 bits per heavy atom. The van der Waals surface area contributed by atoms with Gasteiger partial charge in [-0.25, -0.2) is 12.8 Å². The number of carbonyl (C=O) groups is 1. The second-order valence-electron chi connectivity index (χ2n) is 8.51. The van der Waals surface area contributed by atoms with Crippen LogP contribution in [-0.4, -0.2) is 25.2 Å². The molecule has 0 bridgehead atoms. The van der Waals surface area contributed by atoms with E-state index in [2.05, 4.69) is 5.32 Å². The minimum Gasteiger partial charge on any atom is -0.324 e. The van der Waals surface area contributed by atoms with Gasteiger partial charge in [-0.05, 0) is 59.9 Å². The summed E-state index contributed by atoms with van der Waals surface area (Å²) in [5, 5.41) is 3.06. The summed E-state index contributed by atoms with van der Waals surface area (Å²) in [5.74, 6) is -2.28. The molecule has 0 saturated heterocycles. The Morgan fingerprint density at radius 3 is 2.46 bits per heavy atom. The summed E-state index contributed by atoms with van der Waals surface area (Å²) in [6.45, 7) is 1.71. The number of hydrogen-bond acceptors (Lipinski definition) is 3. The summed E-state index contributed by atoms with van der Waals surface area (Å²) in [7, 11) is -3.87. The largest absolute Gasteiger partial charge is 0.419 e. The van der Waals surface area contributed by atoms with Gasteiger partial charge in [0, 0.05) is 18.1 Å². The molecule has 3 aromatic rings. The predicted molar refractivity (Wildman–Crippen MR) is 133 cm³/mol. The Kier molecular flexibility index (Phi) is 7.58. The van der Waals surface area contributed by atoms with Gasteiger partial charge in [-0.1, -0.05) is 47.5 Å². The fraction of sp³-hybridized carbons (Fsp3) is 0.240. The number of sulfonamides is 1. The van der Waals surface area contributed by atoms with E-state index in [4.69, 9.17) is 23.2 Å². The molecule has 5 nitrogen and oxygen atoms in total. The van der Waals surface area contributed by atoms with Crippen molar-refractivity contribution in [3.8, 4) is 0 Å². The number of benzene rings is 3. The molecule has 0 aliphatic carbocycles. The normalized spacial score (nSPS) is 14.4. The molecule has 0 radical (unpaired) electrons. The van der Waals surface area contributed by atoms with Crippen LogP contribution in [0.15, 0.2) is 53.4 Å². The van der Waals surface area contributed by atoms with Gasteiger partial charge in [-0.3, -0.25) is 4.79 Å². The smallest absolute Gasteiger partial charge is 0.324 e. The number of rotatable bonds is 5. The predicted octanol–water partition coefficient (Wildman–Crippen LogP) is 6.39. The van der Waals surface area contributed by atoms with Crippen LogP contribution in [0.5, 0.6) is 0 Å². The van der Waals surface area contributed by atoms with Gasteiger partial charge < -0.3 is 5.32 Å². The minimum atomic E-state index is -4.89. The van der Waals surface area contributed by atoms with Crippen LogP contribution in [0.2, 0.25) is 10.0 Å². The molecular formula is C25H20Cl2F4N2O3S. The highest BCUT2D eigenvalue weighted by Crippen LogP contribution is 2.36. The van der Waals surface area contributed by atoms with Crippen LogP contribution < -0.4 is 5.32 Å². The molecule has 3 aromatic carbocycles. The molecule has 1 amide bonds. The van der Waals surface area contributed by atoms with E-state index in [1.165, 1.54) is 16.4 Å². The molecule has 4 rings (SSSR count). The topological polar surface area (TPSA) is 66.5 Å². The summed E-state index contributed by atoms with van der Waals surface area (Å²) in [6.07, 6.45) is -5.33. The molecule has 0 spiro atoms. The van der Waals surface area contributed by atoms with Crippen molar-refractivity contribution in [1.82, 2.24) is 4.31 Å². The highest BCUT2D eigenvalue weighted by atomic mass is 35.5. The molecule has 0 saturated carbocycles. The van der Waals surface area contributed by atoms with Crippen molar-refractivity contribution < 1.29 is 30.8 Å². The van der Waals surface area contributed by atoms with Crippen LogP contribution in [-0.2, 0) is 40.4 Å². The lowest BCUT2D eigenvalue weighted by Gasteiger charge is -2.30. The first-order chi connectivity index (χ1) is 17.3. The van der Waals surface area contributed by atoms with Gasteiger partial charge in [-0.15, -0.1) is 0 Å². The first-order valence-electron chi connectivity index (χ1n) is 11.0. The van der Waals surface area contributed by atoms with Crippen molar-refractivity contribution >= 4 is 44.8 Å². The van der Waals surface area contributed by atoms with E-state index in [0.717, 1.165) is 12.1 Å². The quantitative estimate of drug-likeness (QED) is 0.359. The molecule has 0 unspecified atom stereocenters. The Labute approximate surface area is 221 Å². The average molecular weight is 575 g/mol. The van der Waals surface area contributed by atoms with E-state index in [9.17, 15) is 30.8 Å². The Morgan fingerprint density at radius 1 is 1.05 bits per heavy atom. The van der Waals surface area contributed by atoms with Gasteiger partial charge >= 0.3 is 6.18 Å². The average Bonchev–Trinajstić information content (AvgIpc) is 2.82. The summed E-state index contributed by atoms with van der Waals surface area (Å²) in [5.41, 5.74) is -0.0287. The molecular weight excluding hydrogens is 555 g/mol. The number of alkyl halides is 3. The number of fused-ring (bicyclic) bond motifs is 1. The number of hydrogen-bond donors (Lipinski definition) is 1. The molecule has 0 fully saturated rings. The van der Waals surface area contributed by atoms with Crippen LogP contribution in [0.1, 0.15) is 27.8 Å². The zero-order valence-corrected chi connectivity index (χ0v) is 21.6. The van der Waals surface area contributed by atoms with Crippen LogP contribution >= 0.6 is 23.2 Å². The number of anilines is 1. The lowest BCUT2D eigenvalue weighted by atomic mass is 9.98. The van der Waals surface area contributed by atoms with Gasteiger partial charge in [-0.2, -0.15) is 17.5 Å². The molecule has 12 heteroatoms. The Balaban J connectivity index is 1.58. The van der Waals surface area contributed by atoms with Crippen molar-refractivity contribution in [2.75, 3.05) is 11.9 Å². The number of amides is 1. The van der Waals surface area contributed by atoms with Crippen molar-refractivity contribution in [2.45, 2.75) is 37.4 Å². The van der Waals surface area contributed by atoms with Crippen molar-refractivity contribution in [1.29, 1.82) is 0 Å². The van der Waals surface area contributed by atoms with E-state index in [-0.39, 0.29) is 35.1 Å².